The van der Waals surface area contributed by atoms with Crippen molar-refractivity contribution in [2.75, 3.05) is 31.5 Å². The molecule has 8 nitrogen and oxygen atoms in total. The zero-order valence-corrected chi connectivity index (χ0v) is 21.5. The summed E-state index contributed by atoms with van der Waals surface area (Å²) in [4.78, 5) is 34.2. The molecule has 2 atom stereocenters. The Balaban J connectivity index is 0.00000274. The Hall–Kier alpha value is -1.88. The first-order valence-corrected chi connectivity index (χ1v) is 12.8. The topological polar surface area (TPSA) is 101 Å². The third-order valence-electron chi connectivity index (χ3n) is 7.85. The van der Waals surface area contributed by atoms with Crippen molar-refractivity contribution in [3.63, 3.8) is 0 Å². The smallest absolute Gasteiger partial charge is 0.343 e. The molecule has 6 rings (SSSR count). The fraction of sp³-hybridized carbons (Fsp3) is 0.583. The van der Waals surface area contributed by atoms with Crippen molar-refractivity contribution in [3.8, 4) is 0 Å². The Bertz CT molecular complexity index is 978. The molecule has 34 heavy (non-hydrogen) atoms. The Morgan fingerprint density at radius 1 is 1.21 bits per heavy atom. The van der Waals surface area contributed by atoms with Crippen LogP contribution in [0, 0.1) is 11.8 Å². The molecule has 184 valence electrons. The first-order valence-electron chi connectivity index (χ1n) is 11.9. The van der Waals surface area contributed by atoms with Crippen molar-refractivity contribution in [3.05, 3.63) is 41.0 Å². The van der Waals surface area contributed by atoms with E-state index < -0.39 is 11.6 Å². The lowest BCUT2D eigenvalue weighted by Crippen LogP contribution is -3.00. The Labute approximate surface area is 214 Å². The largest absolute Gasteiger partial charge is 1.00 e. The first kappa shape index (κ1) is 25.2. The number of quaternary nitrogens is 1. The van der Waals surface area contributed by atoms with Gasteiger partial charge in [-0.2, -0.15) is 11.3 Å². The van der Waals surface area contributed by atoms with E-state index in [0.717, 1.165) is 51.6 Å². The first-order chi connectivity index (χ1) is 16.0. The number of piperidine rings is 3. The fourth-order valence-corrected chi connectivity index (χ4v) is 6.71. The Morgan fingerprint density at radius 2 is 1.97 bits per heavy atom. The Kier molecular flexibility index (Phi) is 7.71. The molecular formula is C24H31BrN4O4S. The van der Waals surface area contributed by atoms with Crippen molar-refractivity contribution >= 4 is 29.0 Å². The molecule has 1 amide bonds. The van der Waals surface area contributed by atoms with E-state index in [9.17, 15) is 14.7 Å². The summed E-state index contributed by atoms with van der Waals surface area (Å²) < 4.78 is 6.70. The van der Waals surface area contributed by atoms with Crippen molar-refractivity contribution in [2.45, 2.75) is 50.2 Å². The molecule has 2 bridgehead atoms. The van der Waals surface area contributed by atoms with Gasteiger partial charge in [-0.3, -0.25) is 4.79 Å². The summed E-state index contributed by atoms with van der Waals surface area (Å²) in [6.45, 7) is 2.72. The van der Waals surface area contributed by atoms with E-state index in [-0.39, 0.29) is 40.8 Å². The summed E-state index contributed by atoms with van der Waals surface area (Å²) in [6, 6.07) is 3.51. The summed E-state index contributed by atoms with van der Waals surface area (Å²) >= 11 is 1.48. The summed E-state index contributed by atoms with van der Waals surface area (Å²) in [5, 5.41) is 18.3. The molecule has 2 aromatic rings. The third-order valence-corrected chi connectivity index (χ3v) is 8.53. The lowest BCUT2D eigenvalue weighted by Gasteiger charge is -2.51. The molecule has 5 heterocycles. The highest BCUT2D eigenvalue weighted by atomic mass is 79.9. The van der Waals surface area contributed by atoms with Crippen LogP contribution in [-0.4, -0.2) is 63.7 Å². The lowest BCUT2D eigenvalue weighted by molar-refractivity contribution is -0.939. The van der Waals surface area contributed by atoms with Crippen molar-refractivity contribution < 1.29 is 40.9 Å². The lowest BCUT2D eigenvalue weighted by atomic mass is 9.80. The highest BCUT2D eigenvalue weighted by Crippen LogP contribution is 2.43. The van der Waals surface area contributed by atoms with Crippen LogP contribution in [0.2, 0.25) is 0 Å². The van der Waals surface area contributed by atoms with Gasteiger partial charge in [-0.05, 0) is 35.7 Å². The van der Waals surface area contributed by atoms with Crippen LogP contribution < -0.4 is 22.3 Å². The van der Waals surface area contributed by atoms with Crippen LogP contribution in [0.1, 0.15) is 44.1 Å². The molecule has 4 aliphatic rings. The number of halogens is 1. The van der Waals surface area contributed by atoms with Gasteiger partial charge in [0.05, 0.1) is 13.1 Å². The number of nitrogens with one attached hydrogen (secondary N) is 1. The summed E-state index contributed by atoms with van der Waals surface area (Å²) in [7, 11) is 0. The highest BCUT2D eigenvalue weighted by molar-refractivity contribution is 7.08. The average Bonchev–Trinajstić information content (AvgIpc) is 3.54. The number of carbonyl (C=O) groups is 2. The standard InChI is InChI=1S/C24H30N4O4S.BrH/c29-22(27-21-5-9-25-16-26-21)14-28-10-6-17(7-11-28)20(13-28)32-23(30)24(31,18-3-1-2-4-18)19-8-12-33-15-19;/h5,8-9,12,15-18,20,31H,1-4,6-7,10-11,13-14H2;1H/t17?,20?,24-,28?;/m1./s1. The summed E-state index contributed by atoms with van der Waals surface area (Å²) in [5.41, 5.74) is -0.934. The fourth-order valence-electron chi connectivity index (χ4n) is 6.00. The van der Waals surface area contributed by atoms with E-state index in [4.69, 9.17) is 4.74 Å². The number of ether oxygens (including phenoxy) is 1. The van der Waals surface area contributed by atoms with Crippen LogP contribution in [0.5, 0.6) is 0 Å². The van der Waals surface area contributed by atoms with Crippen LogP contribution in [0.3, 0.4) is 0 Å². The minimum atomic E-state index is -1.59. The Morgan fingerprint density at radius 3 is 2.62 bits per heavy atom. The molecule has 3 saturated heterocycles. The van der Waals surface area contributed by atoms with Crippen LogP contribution in [0.15, 0.2) is 35.4 Å². The molecule has 3 aliphatic heterocycles. The van der Waals surface area contributed by atoms with Crippen molar-refractivity contribution in [1.29, 1.82) is 0 Å². The normalized spacial score (nSPS) is 28.0. The minimum Gasteiger partial charge on any atom is -1.00 e. The molecule has 2 N–H and O–H groups in total. The molecular weight excluding hydrogens is 520 g/mol. The van der Waals surface area contributed by atoms with E-state index in [1.807, 2.05) is 16.8 Å². The molecule has 0 spiro atoms. The van der Waals surface area contributed by atoms with Gasteiger partial charge in [0.25, 0.3) is 5.91 Å². The predicted octanol–water partition coefficient (Wildman–Crippen LogP) is -0.289. The second kappa shape index (κ2) is 10.4. The van der Waals surface area contributed by atoms with E-state index >= 15 is 0 Å². The predicted molar refractivity (Wildman–Crippen MR) is 123 cm³/mol. The number of aromatic nitrogens is 2. The van der Waals surface area contributed by atoms with Gasteiger partial charge in [0.2, 0.25) is 0 Å². The second-order valence-electron chi connectivity index (χ2n) is 9.81. The minimum absolute atomic E-state index is 0. The number of hydrogen-bond acceptors (Lipinski definition) is 7. The second-order valence-corrected chi connectivity index (χ2v) is 10.6. The number of hydrogen-bond donors (Lipinski definition) is 2. The number of anilines is 1. The molecule has 0 aromatic carbocycles. The van der Waals surface area contributed by atoms with Gasteiger partial charge >= 0.3 is 5.97 Å². The van der Waals surface area contributed by atoms with Crippen molar-refractivity contribution in [2.24, 2.45) is 11.8 Å². The average molecular weight is 552 g/mol. The number of thiophene rings is 1. The summed E-state index contributed by atoms with van der Waals surface area (Å²) in [6.07, 6.45) is 8.27. The molecule has 2 aromatic heterocycles. The van der Waals surface area contributed by atoms with Crippen LogP contribution in [0.25, 0.3) is 0 Å². The summed E-state index contributed by atoms with van der Waals surface area (Å²) in [5.74, 6) is 0.0482. The molecule has 0 radical (unpaired) electrons. The van der Waals surface area contributed by atoms with Gasteiger partial charge in [0.1, 0.15) is 18.7 Å². The number of esters is 1. The molecule has 10 heteroatoms. The van der Waals surface area contributed by atoms with Gasteiger partial charge in [-0.25, -0.2) is 14.8 Å². The molecule has 1 aliphatic carbocycles. The molecule has 4 fully saturated rings. The van der Waals surface area contributed by atoms with E-state index in [1.165, 1.54) is 17.7 Å². The molecule has 1 unspecified atom stereocenters. The van der Waals surface area contributed by atoms with Crippen LogP contribution in [0.4, 0.5) is 5.82 Å². The van der Waals surface area contributed by atoms with E-state index in [0.29, 0.717) is 29.0 Å². The quantitative estimate of drug-likeness (QED) is 0.363. The van der Waals surface area contributed by atoms with Gasteiger partial charge in [0, 0.05) is 36.4 Å². The van der Waals surface area contributed by atoms with Gasteiger partial charge in [-0.15, -0.1) is 0 Å². The number of fused-ring (bicyclic) bond motifs is 3. The monoisotopic (exact) mass is 550 g/mol. The SMILES string of the molecule is O=C(C[N+]12CCC(CC1)C(OC(=O)[C@](O)(c1ccsc1)C1CCCC1)C2)Nc1ccncn1.[Br-]. The number of rotatable bonds is 7. The number of aliphatic hydroxyl groups is 1. The van der Waals surface area contributed by atoms with E-state index in [1.54, 1.807) is 12.3 Å². The zero-order chi connectivity index (χ0) is 22.9. The third kappa shape index (κ3) is 4.91. The maximum absolute atomic E-state index is 13.5. The number of nitrogens with zero attached hydrogens (tertiary/aromatic N) is 3. The zero-order valence-electron chi connectivity index (χ0n) is 19.1. The highest BCUT2D eigenvalue weighted by Gasteiger charge is 2.53. The maximum Gasteiger partial charge on any atom is 0.343 e. The van der Waals surface area contributed by atoms with Crippen LogP contribution >= 0.6 is 11.3 Å². The van der Waals surface area contributed by atoms with Gasteiger partial charge < -0.3 is 36.6 Å². The van der Waals surface area contributed by atoms with Crippen LogP contribution in [-0.2, 0) is 19.9 Å². The van der Waals surface area contributed by atoms with Gasteiger partial charge in [0.15, 0.2) is 18.2 Å². The van der Waals surface area contributed by atoms with Crippen molar-refractivity contribution in [1.82, 2.24) is 9.97 Å². The molecule has 1 saturated carbocycles. The van der Waals surface area contributed by atoms with Gasteiger partial charge in [-0.1, -0.05) is 12.8 Å². The maximum atomic E-state index is 13.5. The van der Waals surface area contributed by atoms with E-state index in [2.05, 4.69) is 15.3 Å². The number of amides is 1. The number of carbonyl (C=O) groups excluding carboxylic acids is 2.